The first-order valence-corrected chi connectivity index (χ1v) is 8.84. The Labute approximate surface area is 138 Å². The van der Waals surface area contributed by atoms with Crippen LogP contribution in [0.25, 0.3) is 0 Å². The summed E-state index contributed by atoms with van der Waals surface area (Å²) in [5.41, 5.74) is 0. The van der Waals surface area contributed by atoms with Gasteiger partial charge in [-0.3, -0.25) is 14.4 Å². The van der Waals surface area contributed by atoms with Gasteiger partial charge in [-0.2, -0.15) is 0 Å². The summed E-state index contributed by atoms with van der Waals surface area (Å²) in [5.74, 6) is -0.364. The molecule has 1 heterocycles. The summed E-state index contributed by atoms with van der Waals surface area (Å²) in [6.07, 6.45) is 6.33. The standard InChI is InChI=1S/C17H29N3O3/c1-12(2)20-11-13(10-16(20)22)17(23)18-9-8-15(21)19-14-6-4-3-5-7-14/h12-14H,3-11H2,1-2H3,(H,18,23)(H,19,21). The van der Waals surface area contributed by atoms with Crippen molar-refractivity contribution in [2.24, 2.45) is 5.92 Å². The number of rotatable bonds is 6. The molecule has 6 heteroatoms. The van der Waals surface area contributed by atoms with E-state index in [9.17, 15) is 14.4 Å². The second-order valence-corrected chi connectivity index (χ2v) is 6.98. The van der Waals surface area contributed by atoms with E-state index < -0.39 is 0 Å². The summed E-state index contributed by atoms with van der Waals surface area (Å²) < 4.78 is 0. The molecule has 0 aromatic heterocycles. The van der Waals surface area contributed by atoms with Gasteiger partial charge in [0.15, 0.2) is 0 Å². The summed E-state index contributed by atoms with van der Waals surface area (Å²) in [4.78, 5) is 37.5. The zero-order valence-corrected chi connectivity index (χ0v) is 14.3. The minimum Gasteiger partial charge on any atom is -0.355 e. The molecule has 1 saturated carbocycles. The molecule has 1 saturated heterocycles. The first-order valence-electron chi connectivity index (χ1n) is 8.84. The van der Waals surface area contributed by atoms with Crippen molar-refractivity contribution in [2.45, 2.75) is 70.9 Å². The van der Waals surface area contributed by atoms with Crippen LogP contribution in [0.3, 0.4) is 0 Å². The number of hydrogen-bond acceptors (Lipinski definition) is 3. The average Bonchev–Trinajstić information content (AvgIpc) is 2.90. The van der Waals surface area contributed by atoms with Gasteiger partial charge in [-0.25, -0.2) is 0 Å². The van der Waals surface area contributed by atoms with Crippen LogP contribution in [0.5, 0.6) is 0 Å². The Balaban J connectivity index is 1.64. The zero-order valence-electron chi connectivity index (χ0n) is 14.3. The topological polar surface area (TPSA) is 78.5 Å². The number of amides is 3. The van der Waals surface area contributed by atoms with Crippen LogP contribution >= 0.6 is 0 Å². The highest BCUT2D eigenvalue weighted by Gasteiger charge is 2.35. The van der Waals surface area contributed by atoms with Gasteiger partial charge in [0.2, 0.25) is 17.7 Å². The Bertz CT molecular complexity index is 444. The SMILES string of the molecule is CC(C)N1CC(C(=O)NCCC(=O)NC2CCCCC2)CC1=O. The Morgan fingerprint density at radius 2 is 1.91 bits per heavy atom. The minimum absolute atomic E-state index is 0.00325. The number of carbonyl (C=O) groups excluding carboxylic acids is 3. The number of nitrogens with one attached hydrogen (secondary N) is 2. The van der Waals surface area contributed by atoms with Crippen LogP contribution in [0.4, 0.5) is 0 Å². The van der Waals surface area contributed by atoms with Crippen molar-refractivity contribution in [1.29, 1.82) is 0 Å². The fourth-order valence-corrected chi connectivity index (χ4v) is 3.40. The Morgan fingerprint density at radius 1 is 1.22 bits per heavy atom. The molecule has 23 heavy (non-hydrogen) atoms. The molecule has 1 aliphatic heterocycles. The van der Waals surface area contributed by atoms with Crippen LogP contribution in [-0.4, -0.2) is 47.8 Å². The summed E-state index contributed by atoms with van der Waals surface area (Å²) in [5, 5.41) is 5.83. The van der Waals surface area contributed by atoms with Crippen LogP contribution in [0.1, 0.15) is 58.8 Å². The zero-order chi connectivity index (χ0) is 16.8. The van der Waals surface area contributed by atoms with Crippen LogP contribution in [0, 0.1) is 5.92 Å². The number of likely N-dealkylation sites (tertiary alicyclic amines) is 1. The van der Waals surface area contributed by atoms with Gasteiger partial charge in [-0.05, 0) is 26.7 Å². The van der Waals surface area contributed by atoms with Crippen LogP contribution in [0.2, 0.25) is 0 Å². The van der Waals surface area contributed by atoms with Crippen molar-refractivity contribution in [2.75, 3.05) is 13.1 Å². The molecular formula is C17H29N3O3. The maximum Gasteiger partial charge on any atom is 0.225 e. The first kappa shape index (κ1) is 17.8. The quantitative estimate of drug-likeness (QED) is 0.771. The highest BCUT2D eigenvalue weighted by atomic mass is 16.2. The minimum atomic E-state index is -0.286. The summed E-state index contributed by atoms with van der Waals surface area (Å²) >= 11 is 0. The summed E-state index contributed by atoms with van der Waals surface area (Å²) in [6, 6.07) is 0.431. The van der Waals surface area contributed by atoms with Gasteiger partial charge >= 0.3 is 0 Å². The van der Waals surface area contributed by atoms with E-state index in [0.29, 0.717) is 25.6 Å². The van der Waals surface area contributed by atoms with Crippen molar-refractivity contribution in [3.63, 3.8) is 0 Å². The van der Waals surface area contributed by atoms with Crippen LogP contribution in [-0.2, 0) is 14.4 Å². The van der Waals surface area contributed by atoms with E-state index in [1.807, 2.05) is 13.8 Å². The van der Waals surface area contributed by atoms with Crippen molar-refractivity contribution < 1.29 is 14.4 Å². The Kier molecular flexibility index (Phi) is 6.42. The predicted molar refractivity (Wildman–Crippen MR) is 87.6 cm³/mol. The summed E-state index contributed by atoms with van der Waals surface area (Å²) in [6.45, 7) is 4.72. The second kappa shape index (κ2) is 8.31. The van der Waals surface area contributed by atoms with Crippen molar-refractivity contribution >= 4 is 17.7 Å². The van der Waals surface area contributed by atoms with Gasteiger partial charge in [0.05, 0.1) is 5.92 Å². The van der Waals surface area contributed by atoms with Gasteiger partial charge in [0.25, 0.3) is 0 Å². The third kappa shape index (κ3) is 5.22. The maximum absolute atomic E-state index is 12.1. The van der Waals surface area contributed by atoms with E-state index in [-0.39, 0.29) is 36.1 Å². The van der Waals surface area contributed by atoms with Crippen LogP contribution < -0.4 is 10.6 Å². The second-order valence-electron chi connectivity index (χ2n) is 6.98. The molecule has 0 aromatic carbocycles. The molecule has 1 unspecified atom stereocenters. The normalized spacial score (nSPS) is 22.5. The van der Waals surface area contributed by atoms with E-state index in [2.05, 4.69) is 10.6 Å². The van der Waals surface area contributed by atoms with Gasteiger partial charge in [0, 0.05) is 38.0 Å². The van der Waals surface area contributed by atoms with Gasteiger partial charge < -0.3 is 15.5 Å². The van der Waals surface area contributed by atoms with Crippen LogP contribution in [0.15, 0.2) is 0 Å². The number of nitrogens with zero attached hydrogens (tertiary/aromatic N) is 1. The van der Waals surface area contributed by atoms with Gasteiger partial charge in [-0.1, -0.05) is 19.3 Å². The molecular weight excluding hydrogens is 294 g/mol. The van der Waals surface area contributed by atoms with E-state index in [1.165, 1.54) is 19.3 Å². The number of hydrogen-bond donors (Lipinski definition) is 2. The molecule has 1 atom stereocenters. The smallest absolute Gasteiger partial charge is 0.225 e. The lowest BCUT2D eigenvalue weighted by Gasteiger charge is -2.22. The van der Waals surface area contributed by atoms with E-state index in [0.717, 1.165) is 12.8 Å². The highest BCUT2D eigenvalue weighted by molar-refractivity contribution is 5.89. The molecule has 2 aliphatic rings. The fourth-order valence-electron chi connectivity index (χ4n) is 3.40. The molecule has 1 aliphatic carbocycles. The lowest BCUT2D eigenvalue weighted by atomic mass is 9.95. The fraction of sp³-hybridized carbons (Fsp3) is 0.824. The molecule has 3 amide bonds. The Morgan fingerprint density at radius 3 is 2.52 bits per heavy atom. The maximum atomic E-state index is 12.1. The van der Waals surface area contributed by atoms with Crippen molar-refractivity contribution in [3.8, 4) is 0 Å². The first-order chi connectivity index (χ1) is 11.0. The molecule has 0 bridgehead atoms. The third-order valence-electron chi connectivity index (χ3n) is 4.77. The van der Waals surface area contributed by atoms with E-state index in [1.54, 1.807) is 4.90 Å². The van der Waals surface area contributed by atoms with E-state index in [4.69, 9.17) is 0 Å². The van der Waals surface area contributed by atoms with Crippen molar-refractivity contribution in [1.82, 2.24) is 15.5 Å². The molecule has 2 rings (SSSR count). The lowest BCUT2D eigenvalue weighted by molar-refractivity contribution is -0.130. The lowest BCUT2D eigenvalue weighted by Crippen LogP contribution is -2.39. The third-order valence-corrected chi connectivity index (χ3v) is 4.77. The molecule has 6 nitrogen and oxygen atoms in total. The average molecular weight is 323 g/mol. The molecule has 2 N–H and O–H groups in total. The molecule has 0 radical (unpaired) electrons. The molecule has 0 spiro atoms. The largest absolute Gasteiger partial charge is 0.355 e. The summed E-state index contributed by atoms with van der Waals surface area (Å²) in [7, 11) is 0. The van der Waals surface area contributed by atoms with E-state index >= 15 is 0 Å². The monoisotopic (exact) mass is 323 g/mol. The molecule has 130 valence electrons. The van der Waals surface area contributed by atoms with Gasteiger partial charge in [0.1, 0.15) is 0 Å². The van der Waals surface area contributed by atoms with Gasteiger partial charge in [-0.15, -0.1) is 0 Å². The Hall–Kier alpha value is -1.59. The highest BCUT2D eigenvalue weighted by Crippen LogP contribution is 2.20. The molecule has 0 aromatic rings. The predicted octanol–water partition coefficient (Wildman–Crippen LogP) is 1.20. The molecule has 2 fully saturated rings. The van der Waals surface area contributed by atoms with Crippen molar-refractivity contribution in [3.05, 3.63) is 0 Å². The number of carbonyl (C=O) groups is 3.